The summed E-state index contributed by atoms with van der Waals surface area (Å²) in [6.07, 6.45) is 11.8. The van der Waals surface area contributed by atoms with E-state index in [0.29, 0.717) is 5.41 Å². The second kappa shape index (κ2) is 4.01. The van der Waals surface area contributed by atoms with Gasteiger partial charge in [0.25, 0.3) is 0 Å². The highest BCUT2D eigenvalue weighted by atomic mass is 14.7. The molecule has 0 unspecified atom stereocenters. The first-order valence-corrected chi connectivity index (χ1v) is 7.48. The Morgan fingerprint density at radius 3 is 2.00 bits per heavy atom. The van der Waals surface area contributed by atoms with Crippen molar-refractivity contribution in [1.82, 2.24) is 0 Å². The molecule has 0 heterocycles. The molecule has 0 radical (unpaired) electrons. The van der Waals surface area contributed by atoms with Crippen LogP contribution in [0.5, 0.6) is 0 Å². The predicted molar refractivity (Wildman–Crippen MR) is 68.1 cm³/mol. The third-order valence-electron chi connectivity index (χ3n) is 6.14. The normalized spacial score (nSPS) is 49.9. The van der Waals surface area contributed by atoms with Crippen molar-refractivity contribution >= 4 is 0 Å². The summed E-state index contributed by atoms with van der Waals surface area (Å²) in [5.74, 6) is 4.17. The van der Waals surface area contributed by atoms with E-state index in [2.05, 4.69) is 6.92 Å². The minimum absolute atomic E-state index is 0.573. The van der Waals surface area contributed by atoms with Gasteiger partial charge in [0, 0.05) is 0 Å². The third kappa shape index (κ3) is 1.47. The second-order valence-corrected chi connectivity index (χ2v) is 6.85. The highest BCUT2D eigenvalue weighted by Crippen LogP contribution is 2.63. The average molecular weight is 221 g/mol. The lowest BCUT2D eigenvalue weighted by Gasteiger charge is -2.61. The topological polar surface area (TPSA) is 26.0 Å². The van der Waals surface area contributed by atoms with E-state index in [1.165, 1.54) is 44.9 Å². The van der Waals surface area contributed by atoms with Crippen molar-refractivity contribution in [3.63, 3.8) is 0 Å². The van der Waals surface area contributed by atoms with Crippen LogP contribution in [0.25, 0.3) is 0 Å². The number of rotatable bonds is 4. The zero-order chi connectivity index (χ0) is 11.2. The summed E-state index contributed by atoms with van der Waals surface area (Å²) in [6, 6.07) is 0. The molecule has 4 aliphatic rings. The van der Waals surface area contributed by atoms with Crippen LogP contribution >= 0.6 is 0 Å². The summed E-state index contributed by atoms with van der Waals surface area (Å²) in [5.41, 5.74) is 6.80. The molecule has 92 valence electrons. The molecule has 1 nitrogen and oxygen atoms in total. The first-order valence-electron chi connectivity index (χ1n) is 7.48. The molecule has 0 saturated heterocycles. The molecule has 4 bridgehead atoms. The summed E-state index contributed by atoms with van der Waals surface area (Å²) in [6.45, 7) is 3.29. The molecule has 4 saturated carbocycles. The van der Waals surface area contributed by atoms with Gasteiger partial charge in [0.05, 0.1) is 0 Å². The maximum atomic E-state index is 6.23. The highest BCUT2D eigenvalue weighted by molar-refractivity contribution is 5.06. The Hall–Kier alpha value is -0.0400. The lowest BCUT2D eigenvalue weighted by atomic mass is 9.44. The van der Waals surface area contributed by atoms with Crippen molar-refractivity contribution in [3.05, 3.63) is 0 Å². The molecule has 0 aromatic rings. The standard InChI is InChI=1S/C15H27N/c1-2-3-4-15(10-16)13-6-11-5-12(8-13)9-14(15)7-11/h11-14H,2-10,16H2,1H3. The van der Waals surface area contributed by atoms with Crippen LogP contribution in [0, 0.1) is 29.1 Å². The van der Waals surface area contributed by atoms with Crippen LogP contribution in [-0.2, 0) is 0 Å². The quantitative estimate of drug-likeness (QED) is 0.771. The molecule has 0 aromatic heterocycles. The molecule has 2 N–H and O–H groups in total. The Morgan fingerprint density at radius 1 is 1.00 bits per heavy atom. The van der Waals surface area contributed by atoms with Crippen molar-refractivity contribution in [2.75, 3.05) is 6.54 Å². The highest BCUT2D eigenvalue weighted by Gasteiger charge is 2.55. The largest absolute Gasteiger partial charge is 0.330 e. The zero-order valence-electron chi connectivity index (χ0n) is 10.8. The maximum absolute atomic E-state index is 6.23. The fourth-order valence-corrected chi connectivity index (χ4v) is 5.47. The molecule has 4 fully saturated rings. The Bertz CT molecular complexity index is 230. The fraction of sp³-hybridized carbons (Fsp3) is 1.00. The van der Waals surface area contributed by atoms with Crippen LogP contribution in [0.2, 0.25) is 0 Å². The first kappa shape index (κ1) is 11.1. The number of hydrogen-bond donors (Lipinski definition) is 1. The molecule has 4 rings (SSSR count). The fourth-order valence-electron chi connectivity index (χ4n) is 5.47. The van der Waals surface area contributed by atoms with Gasteiger partial charge in [-0.2, -0.15) is 0 Å². The van der Waals surface area contributed by atoms with E-state index < -0.39 is 0 Å². The van der Waals surface area contributed by atoms with Crippen molar-refractivity contribution in [1.29, 1.82) is 0 Å². The van der Waals surface area contributed by atoms with Crippen molar-refractivity contribution in [2.45, 2.75) is 58.3 Å². The van der Waals surface area contributed by atoms with Gasteiger partial charge < -0.3 is 5.73 Å². The van der Waals surface area contributed by atoms with Gasteiger partial charge in [0.1, 0.15) is 0 Å². The van der Waals surface area contributed by atoms with E-state index in [1.54, 1.807) is 6.42 Å². The van der Waals surface area contributed by atoms with E-state index >= 15 is 0 Å². The minimum Gasteiger partial charge on any atom is -0.330 e. The monoisotopic (exact) mass is 221 g/mol. The van der Waals surface area contributed by atoms with Crippen LogP contribution in [-0.4, -0.2) is 6.54 Å². The molecule has 0 aromatic carbocycles. The van der Waals surface area contributed by atoms with Gasteiger partial charge in [-0.25, -0.2) is 0 Å². The first-order chi connectivity index (χ1) is 7.78. The van der Waals surface area contributed by atoms with Gasteiger partial charge in [0.2, 0.25) is 0 Å². The molecule has 0 spiro atoms. The number of hydrogen-bond acceptors (Lipinski definition) is 1. The smallest absolute Gasteiger partial charge is 0.00152 e. The second-order valence-electron chi connectivity index (χ2n) is 6.85. The Balaban J connectivity index is 1.82. The zero-order valence-corrected chi connectivity index (χ0v) is 10.8. The molecule has 0 aliphatic heterocycles. The number of unbranched alkanes of at least 4 members (excludes halogenated alkanes) is 1. The molecular formula is C15H27N. The Morgan fingerprint density at radius 2 is 1.56 bits per heavy atom. The SMILES string of the molecule is CCCCC1(CN)C2CC3CC(C2)CC1C3. The summed E-state index contributed by atoms with van der Waals surface area (Å²) >= 11 is 0. The summed E-state index contributed by atoms with van der Waals surface area (Å²) < 4.78 is 0. The van der Waals surface area contributed by atoms with Gasteiger partial charge in [-0.1, -0.05) is 19.8 Å². The third-order valence-corrected chi connectivity index (χ3v) is 6.14. The van der Waals surface area contributed by atoms with Crippen LogP contribution < -0.4 is 5.73 Å². The number of nitrogens with two attached hydrogens (primary N) is 1. The minimum atomic E-state index is 0.573. The molecular weight excluding hydrogens is 194 g/mol. The van der Waals surface area contributed by atoms with Gasteiger partial charge in [-0.15, -0.1) is 0 Å². The lowest BCUT2D eigenvalue weighted by molar-refractivity contribution is -0.108. The van der Waals surface area contributed by atoms with Crippen LogP contribution in [0.3, 0.4) is 0 Å². The maximum Gasteiger partial charge on any atom is -0.00152 e. The molecule has 16 heavy (non-hydrogen) atoms. The van der Waals surface area contributed by atoms with Crippen LogP contribution in [0.15, 0.2) is 0 Å². The van der Waals surface area contributed by atoms with Gasteiger partial charge in [-0.05, 0) is 74.2 Å². The Labute approximate surface area is 100 Å². The van der Waals surface area contributed by atoms with Gasteiger partial charge in [-0.3, -0.25) is 0 Å². The Kier molecular flexibility index (Phi) is 2.78. The van der Waals surface area contributed by atoms with Gasteiger partial charge >= 0.3 is 0 Å². The van der Waals surface area contributed by atoms with Crippen LogP contribution in [0.4, 0.5) is 0 Å². The lowest BCUT2D eigenvalue weighted by Crippen LogP contribution is -2.56. The van der Waals surface area contributed by atoms with E-state index in [1.807, 2.05) is 0 Å². The molecule has 0 atom stereocenters. The predicted octanol–water partition coefficient (Wildman–Crippen LogP) is 3.58. The summed E-state index contributed by atoms with van der Waals surface area (Å²) in [4.78, 5) is 0. The average Bonchev–Trinajstić information content (AvgIpc) is 2.28. The van der Waals surface area contributed by atoms with Crippen molar-refractivity contribution in [2.24, 2.45) is 34.8 Å². The van der Waals surface area contributed by atoms with E-state index in [4.69, 9.17) is 5.73 Å². The van der Waals surface area contributed by atoms with E-state index in [-0.39, 0.29) is 0 Å². The van der Waals surface area contributed by atoms with E-state index in [0.717, 1.165) is 30.2 Å². The molecule has 0 amide bonds. The van der Waals surface area contributed by atoms with Crippen LogP contribution in [0.1, 0.15) is 58.3 Å². The van der Waals surface area contributed by atoms with Crippen molar-refractivity contribution in [3.8, 4) is 0 Å². The molecule has 1 heteroatoms. The molecule has 4 aliphatic carbocycles. The van der Waals surface area contributed by atoms with E-state index in [9.17, 15) is 0 Å². The summed E-state index contributed by atoms with van der Waals surface area (Å²) in [7, 11) is 0. The summed E-state index contributed by atoms with van der Waals surface area (Å²) in [5, 5.41) is 0. The van der Waals surface area contributed by atoms with Gasteiger partial charge in [0.15, 0.2) is 0 Å². The van der Waals surface area contributed by atoms with Crippen molar-refractivity contribution < 1.29 is 0 Å².